The van der Waals surface area contributed by atoms with Gasteiger partial charge < -0.3 is 15.0 Å². The first-order chi connectivity index (χ1) is 14.0. The fraction of sp³-hybridized carbons (Fsp3) is 0.391. The van der Waals surface area contributed by atoms with Crippen molar-refractivity contribution in [3.05, 3.63) is 64.7 Å². The van der Waals surface area contributed by atoms with E-state index in [2.05, 4.69) is 5.32 Å². The van der Waals surface area contributed by atoms with Crippen LogP contribution in [-0.2, 0) is 20.9 Å². The van der Waals surface area contributed by atoms with Crippen LogP contribution in [0.15, 0.2) is 48.5 Å². The van der Waals surface area contributed by atoms with Crippen LogP contribution < -0.4 is 5.32 Å². The van der Waals surface area contributed by atoms with Gasteiger partial charge in [-0.15, -0.1) is 0 Å². The summed E-state index contributed by atoms with van der Waals surface area (Å²) >= 11 is 6.13. The van der Waals surface area contributed by atoms with Crippen molar-refractivity contribution in [2.45, 2.75) is 31.9 Å². The minimum absolute atomic E-state index is 0.0441. The smallest absolute Gasteiger partial charge is 0.230 e. The quantitative estimate of drug-likeness (QED) is 0.732. The molecule has 2 unspecified atom stereocenters. The Labute approximate surface area is 176 Å². The monoisotopic (exact) mass is 412 g/mol. The molecule has 6 heteroatoms. The fourth-order valence-corrected chi connectivity index (χ4v) is 4.05. The van der Waals surface area contributed by atoms with Gasteiger partial charge in [0.25, 0.3) is 0 Å². The van der Waals surface area contributed by atoms with Crippen molar-refractivity contribution in [2.24, 2.45) is 11.8 Å². The standard InChI is InChI=1S/C23H25ClN2O3/c1-26-21(27)12-20(22(26)17-5-3-6-18(24)11-17)23(28)25-19-7-2-4-16(10-19)14-29-13-15-8-9-15/h2-7,10-11,15,20,22H,8-9,12-14H2,1H3,(H,25,28). The summed E-state index contributed by atoms with van der Waals surface area (Å²) in [5.74, 6) is 0.0417. The van der Waals surface area contributed by atoms with Crippen LogP contribution in [0.5, 0.6) is 0 Å². The zero-order valence-electron chi connectivity index (χ0n) is 16.4. The number of carbonyl (C=O) groups is 2. The molecule has 2 aliphatic rings. The molecule has 2 aromatic carbocycles. The third-order valence-corrected chi connectivity index (χ3v) is 5.86. The summed E-state index contributed by atoms with van der Waals surface area (Å²) in [5, 5.41) is 3.58. The second-order valence-corrected chi connectivity index (χ2v) is 8.40. The number of amides is 2. The Morgan fingerprint density at radius 1 is 1.21 bits per heavy atom. The molecule has 1 heterocycles. The Bertz CT molecular complexity index is 913. The van der Waals surface area contributed by atoms with Crippen LogP contribution in [0.3, 0.4) is 0 Å². The van der Waals surface area contributed by atoms with Gasteiger partial charge in [-0.3, -0.25) is 9.59 Å². The number of likely N-dealkylation sites (tertiary alicyclic amines) is 1. The summed E-state index contributed by atoms with van der Waals surface area (Å²) in [6, 6.07) is 14.7. The summed E-state index contributed by atoms with van der Waals surface area (Å²) in [6.07, 6.45) is 2.71. The molecule has 1 N–H and O–H groups in total. The van der Waals surface area contributed by atoms with Gasteiger partial charge in [0.2, 0.25) is 11.8 Å². The first kappa shape index (κ1) is 19.9. The maximum absolute atomic E-state index is 13.0. The number of rotatable bonds is 7. The molecule has 2 amide bonds. The molecule has 0 aromatic heterocycles. The normalized spacial score (nSPS) is 21.4. The van der Waals surface area contributed by atoms with Gasteiger partial charge in [0.15, 0.2) is 0 Å². The molecule has 2 fully saturated rings. The van der Waals surface area contributed by atoms with Crippen molar-refractivity contribution >= 4 is 29.1 Å². The summed E-state index contributed by atoms with van der Waals surface area (Å²) in [5.41, 5.74) is 2.61. The summed E-state index contributed by atoms with van der Waals surface area (Å²) in [6.45, 7) is 1.34. The third kappa shape index (κ3) is 4.80. The highest BCUT2D eigenvalue weighted by Gasteiger charge is 2.42. The van der Waals surface area contributed by atoms with Crippen LogP contribution in [0.1, 0.15) is 36.4 Å². The van der Waals surface area contributed by atoms with E-state index in [1.165, 1.54) is 12.8 Å². The lowest BCUT2D eigenvalue weighted by atomic mass is 9.93. The number of nitrogens with zero attached hydrogens (tertiary/aromatic N) is 1. The van der Waals surface area contributed by atoms with Crippen molar-refractivity contribution < 1.29 is 14.3 Å². The first-order valence-corrected chi connectivity index (χ1v) is 10.4. The van der Waals surface area contributed by atoms with E-state index in [0.717, 1.165) is 29.3 Å². The number of carbonyl (C=O) groups excluding carboxylic acids is 2. The highest BCUT2D eigenvalue weighted by Crippen LogP contribution is 2.38. The van der Waals surface area contributed by atoms with Crippen molar-refractivity contribution in [1.82, 2.24) is 4.90 Å². The molecule has 0 spiro atoms. The van der Waals surface area contributed by atoms with E-state index >= 15 is 0 Å². The fourth-order valence-electron chi connectivity index (χ4n) is 3.85. The number of hydrogen-bond donors (Lipinski definition) is 1. The van der Waals surface area contributed by atoms with E-state index in [1.807, 2.05) is 42.5 Å². The van der Waals surface area contributed by atoms with Gasteiger partial charge in [0, 0.05) is 30.8 Å². The van der Waals surface area contributed by atoms with Crippen LogP contribution in [-0.4, -0.2) is 30.4 Å². The van der Waals surface area contributed by atoms with Crippen LogP contribution in [0.2, 0.25) is 5.02 Å². The number of halogens is 1. The molecule has 29 heavy (non-hydrogen) atoms. The summed E-state index contributed by atoms with van der Waals surface area (Å²) in [7, 11) is 1.74. The van der Waals surface area contributed by atoms with E-state index in [-0.39, 0.29) is 24.3 Å². The molecule has 0 bridgehead atoms. The van der Waals surface area contributed by atoms with Gasteiger partial charge in [-0.2, -0.15) is 0 Å². The van der Waals surface area contributed by atoms with E-state index in [1.54, 1.807) is 18.0 Å². The van der Waals surface area contributed by atoms with Gasteiger partial charge in [-0.05, 0) is 54.2 Å². The molecule has 5 nitrogen and oxygen atoms in total. The van der Waals surface area contributed by atoms with E-state index < -0.39 is 5.92 Å². The topological polar surface area (TPSA) is 58.6 Å². The first-order valence-electron chi connectivity index (χ1n) is 10.00. The Morgan fingerprint density at radius 3 is 2.76 bits per heavy atom. The minimum atomic E-state index is -0.472. The van der Waals surface area contributed by atoms with Gasteiger partial charge in [0.05, 0.1) is 18.6 Å². The Balaban J connectivity index is 1.45. The molecule has 1 saturated carbocycles. The minimum Gasteiger partial charge on any atom is -0.376 e. The predicted molar refractivity (Wildman–Crippen MR) is 113 cm³/mol. The Hall–Kier alpha value is -2.37. The summed E-state index contributed by atoms with van der Waals surface area (Å²) in [4.78, 5) is 27.0. The van der Waals surface area contributed by atoms with Gasteiger partial charge in [0.1, 0.15) is 0 Å². The maximum atomic E-state index is 13.0. The number of benzene rings is 2. The van der Waals surface area contributed by atoms with Crippen LogP contribution in [0, 0.1) is 11.8 Å². The molecule has 1 saturated heterocycles. The third-order valence-electron chi connectivity index (χ3n) is 5.63. The van der Waals surface area contributed by atoms with Gasteiger partial charge >= 0.3 is 0 Å². The molecule has 2 atom stereocenters. The molecular weight excluding hydrogens is 388 g/mol. The number of anilines is 1. The molecule has 1 aliphatic carbocycles. The van der Waals surface area contributed by atoms with Gasteiger partial charge in [-0.1, -0.05) is 35.9 Å². The van der Waals surface area contributed by atoms with Crippen molar-refractivity contribution in [2.75, 3.05) is 19.0 Å². The van der Waals surface area contributed by atoms with Crippen LogP contribution in [0.4, 0.5) is 5.69 Å². The zero-order chi connectivity index (χ0) is 20.4. The van der Waals surface area contributed by atoms with E-state index in [0.29, 0.717) is 11.6 Å². The second kappa shape index (κ2) is 8.56. The Morgan fingerprint density at radius 2 is 2.00 bits per heavy atom. The summed E-state index contributed by atoms with van der Waals surface area (Å²) < 4.78 is 5.74. The molecule has 1 aliphatic heterocycles. The Kier molecular flexibility index (Phi) is 5.88. The lowest BCUT2D eigenvalue weighted by Crippen LogP contribution is -2.30. The predicted octanol–water partition coefficient (Wildman–Crippen LogP) is 4.42. The average molecular weight is 413 g/mol. The van der Waals surface area contributed by atoms with Gasteiger partial charge in [-0.25, -0.2) is 0 Å². The zero-order valence-corrected chi connectivity index (χ0v) is 17.2. The van der Waals surface area contributed by atoms with Crippen molar-refractivity contribution in [3.63, 3.8) is 0 Å². The lowest BCUT2D eigenvalue weighted by molar-refractivity contribution is -0.127. The second-order valence-electron chi connectivity index (χ2n) is 7.96. The molecule has 152 valence electrons. The number of hydrogen-bond acceptors (Lipinski definition) is 3. The lowest BCUT2D eigenvalue weighted by Gasteiger charge is -2.25. The maximum Gasteiger partial charge on any atom is 0.230 e. The molecular formula is C23H25ClN2O3. The largest absolute Gasteiger partial charge is 0.376 e. The van der Waals surface area contributed by atoms with E-state index in [4.69, 9.17) is 16.3 Å². The SMILES string of the molecule is CN1C(=O)CC(C(=O)Nc2cccc(COCC3CC3)c2)C1c1cccc(Cl)c1. The molecule has 0 radical (unpaired) electrons. The van der Waals surface area contributed by atoms with Crippen molar-refractivity contribution in [1.29, 1.82) is 0 Å². The number of ether oxygens (including phenoxy) is 1. The van der Waals surface area contributed by atoms with Crippen molar-refractivity contribution in [3.8, 4) is 0 Å². The molecule has 4 rings (SSSR count). The highest BCUT2D eigenvalue weighted by atomic mass is 35.5. The van der Waals surface area contributed by atoms with E-state index in [9.17, 15) is 9.59 Å². The highest BCUT2D eigenvalue weighted by molar-refractivity contribution is 6.30. The molecule has 2 aromatic rings. The number of nitrogens with one attached hydrogen (secondary N) is 1. The van der Waals surface area contributed by atoms with Crippen LogP contribution >= 0.6 is 11.6 Å². The van der Waals surface area contributed by atoms with Crippen LogP contribution in [0.25, 0.3) is 0 Å². The average Bonchev–Trinajstić information content (AvgIpc) is 3.47.